The molecule has 0 amide bonds. The zero-order valence-electron chi connectivity index (χ0n) is 15.9. The van der Waals surface area contributed by atoms with E-state index in [1.807, 2.05) is 19.0 Å². The van der Waals surface area contributed by atoms with E-state index in [1.165, 1.54) is 18.2 Å². The average molecular weight is 402 g/mol. The Hall–Kier alpha value is -2.54. The fourth-order valence-electron chi connectivity index (χ4n) is 3.15. The Labute approximate surface area is 168 Å². The van der Waals surface area contributed by atoms with E-state index in [1.54, 1.807) is 35.8 Å². The Bertz CT molecular complexity index is 1030. The van der Waals surface area contributed by atoms with Gasteiger partial charge in [0.15, 0.2) is 5.78 Å². The smallest absolute Gasteiger partial charge is 0.195 e. The maximum atomic E-state index is 14.1. The van der Waals surface area contributed by atoms with Crippen molar-refractivity contribution in [1.29, 1.82) is 0 Å². The molecule has 0 saturated carbocycles. The fourth-order valence-corrected chi connectivity index (χ4v) is 3.34. The molecule has 3 rings (SSSR count). The number of ketones is 1. The molecule has 1 N–H and O–H groups in total. The maximum absolute atomic E-state index is 14.1. The van der Waals surface area contributed by atoms with Gasteiger partial charge in [-0.15, -0.1) is 0 Å². The molecule has 0 saturated heterocycles. The van der Waals surface area contributed by atoms with Gasteiger partial charge in [0, 0.05) is 16.1 Å². The quantitative estimate of drug-likeness (QED) is 0.639. The highest BCUT2D eigenvalue weighted by Gasteiger charge is 2.22. The highest BCUT2D eigenvalue weighted by atomic mass is 35.5. The van der Waals surface area contributed by atoms with Gasteiger partial charge in [-0.3, -0.25) is 9.36 Å². The van der Waals surface area contributed by atoms with Crippen LogP contribution in [-0.4, -0.2) is 39.4 Å². The summed E-state index contributed by atoms with van der Waals surface area (Å²) in [7, 11) is 3.80. The summed E-state index contributed by atoms with van der Waals surface area (Å²) in [6, 6.07) is 10.6. The predicted octanol–water partition coefficient (Wildman–Crippen LogP) is 3.76. The number of nitrogens with zero attached hydrogens (tertiary/aromatic N) is 3. The van der Waals surface area contributed by atoms with Crippen LogP contribution >= 0.6 is 11.6 Å². The number of aromatic nitrogens is 2. The fraction of sp³-hybridized carbons (Fsp3) is 0.238. The van der Waals surface area contributed by atoms with Crippen LogP contribution in [0.2, 0.25) is 5.02 Å². The lowest BCUT2D eigenvalue weighted by Gasteiger charge is -2.17. The number of aliphatic hydroxyl groups is 1. The van der Waals surface area contributed by atoms with Crippen molar-refractivity contribution in [3.63, 3.8) is 0 Å². The number of imidazole rings is 1. The van der Waals surface area contributed by atoms with Crippen molar-refractivity contribution in [3.05, 3.63) is 81.6 Å². The van der Waals surface area contributed by atoms with Gasteiger partial charge < -0.3 is 10.0 Å². The molecule has 0 bridgehead atoms. The molecule has 7 heteroatoms. The number of hydrogen-bond donors (Lipinski definition) is 1. The number of hydrogen-bond acceptors (Lipinski definition) is 4. The molecule has 0 radical (unpaired) electrons. The molecular formula is C21H21ClFN3O2. The maximum Gasteiger partial charge on any atom is 0.195 e. The normalized spacial score (nSPS) is 11.2. The third-order valence-corrected chi connectivity index (χ3v) is 4.62. The molecule has 0 aliphatic rings. The highest BCUT2D eigenvalue weighted by Crippen LogP contribution is 2.26. The molecule has 1 heterocycles. The molecule has 3 aromatic rings. The number of halogens is 2. The van der Waals surface area contributed by atoms with Gasteiger partial charge in [0.1, 0.15) is 11.6 Å². The van der Waals surface area contributed by atoms with Crippen molar-refractivity contribution < 1.29 is 14.3 Å². The molecule has 1 aromatic heterocycles. The summed E-state index contributed by atoms with van der Waals surface area (Å²) in [5, 5.41) is 10.3. The molecule has 28 heavy (non-hydrogen) atoms. The van der Waals surface area contributed by atoms with E-state index in [2.05, 4.69) is 4.98 Å². The lowest BCUT2D eigenvalue weighted by molar-refractivity contribution is 0.103. The largest absolute Gasteiger partial charge is 0.390 e. The van der Waals surface area contributed by atoms with Crippen LogP contribution in [0.15, 0.2) is 42.5 Å². The number of aryl methyl sites for hydroxylation is 1. The number of aliphatic hydroxyl groups excluding tert-OH is 1. The van der Waals surface area contributed by atoms with Crippen LogP contribution < -0.4 is 0 Å². The van der Waals surface area contributed by atoms with Gasteiger partial charge in [0.05, 0.1) is 30.2 Å². The first kappa shape index (κ1) is 20.2. The summed E-state index contributed by atoms with van der Waals surface area (Å²) >= 11 is 6.02. The number of carbonyl (C=O) groups excluding carboxylic acids is 1. The lowest BCUT2D eigenvalue weighted by Crippen LogP contribution is -2.18. The summed E-state index contributed by atoms with van der Waals surface area (Å²) in [6.45, 7) is 2.03. The number of carbonyl (C=O) groups is 1. The minimum atomic E-state index is -0.523. The van der Waals surface area contributed by atoms with E-state index < -0.39 is 5.82 Å². The highest BCUT2D eigenvalue weighted by molar-refractivity contribution is 6.31. The van der Waals surface area contributed by atoms with Crippen LogP contribution in [0.25, 0.3) is 5.69 Å². The molecule has 0 atom stereocenters. The Kier molecular flexibility index (Phi) is 5.93. The third-order valence-electron chi connectivity index (χ3n) is 4.38. The molecular weight excluding hydrogens is 381 g/mol. The standard InChI is InChI=1S/C21H21ClFN3O2/c1-13-19(12-27)26(20(24-13)11-25(2)3)18-8-7-16(23)10-17(18)21(28)14-5-4-6-15(22)9-14/h4-10,27H,11-12H2,1-3H3. The first-order valence-corrected chi connectivity index (χ1v) is 9.12. The van der Waals surface area contributed by atoms with Gasteiger partial charge >= 0.3 is 0 Å². The summed E-state index contributed by atoms with van der Waals surface area (Å²) in [5.41, 5.74) is 2.21. The van der Waals surface area contributed by atoms with Gasteiger partial charge in [-0.05, 0) is 51.4 Å². The summed E-state index contributed by atoms with van der Waals surface area (Å²) in [4.78, 5) is 19.6. The topological polar surface area (TPSA) is 58.4 Å². The Morgan fingerprint density at radius 1 is 1.25 bits per heavy atom. The average Bonchev–Trinajstić information content (AvgIpc) is 2.95. The van der Waals surface area contributed by atoms with Crippen LogP contribution in [0.1, 0.15) is 33.1 Å². The molecule has 0 aliphatic carbocycles. The van der Waals surface area contributed by atoms with Crippen LogP contribution in [0, 0.1) is 12.7 Å². The minimum absolute atomic E-state index is 0.175. The molecule has 0 unspecified atom stereocenters. The number of rotatable bonds is 6. The summed E-state index contributed by atoms with van der Waals surface area (Å²) < 4.78 is 15.8. The minimum Gasteiger partial charge on any atom is -0.390 e. The monoisotopic (exact) mass is 401 g/mol. The van der Waals surface area contributed by atoms with Gasteiger partial charge in [-0.1, -0.05) is 23.7 Å². The lowest BCUT2D eigenvalue weighted by atomic mass is 10.0. The van der Waals surface area contributed by atoms with E-state index in [0.717, 1.165) is 0 Å². The number of benzene rings is 2. The third kappa shape index (κ3) is 3.99. The van der Waals surface area contributed by atoms with Crippen molar-refractivity contribution in [1.82, 2.24) is 14.5 Å². The van der Waals surface area contributed by atoms with E-state index in [9.17, 15) is 14.3 Å². The van der Waals surface area contributed by atoms with Crippen LogP contribution in [-0.2, 0) is 13.2 Å². The van der Waals surface area contributed by atoms with Crippen LogP contribution in [0.4, 0.5) is 4.39 Å². The Morgan fingerprint density at radius 2 is 2.00 bits per heavy atom. The SMILES string of the molecule is Cc1nc(CN(C)C)n(-c2ccc(F)cc2C(=O)c2cccc(Cl)c2)c1CO. The molecule has 0 fully saturated rings. The predicted molar refractivity (Wildman–Crippen MR) is 106 cm³/mol. The Balaban J connectivity index is 2.23. The van der Waals surface area contributed by atoms with Gasteiger partial charge in [0.25, 0.3) is 0 Å². The van der Waals surface area contributed by atoms with Crippen LogP contribution in [0.3, 0.4) is 0 Å². The van der Waals surface area contributed by atoms with E-state index in [4.69, 9.17) is 11.6 Å². The second kappa shape index (κ2) is 8.22. The van der Waals surface area contributed by atoms with Crippen LogP contribution in [0.5, 0.6) is 0 Å². The molecule has 146 valence electrons. The van der Waals surface area contributed by atoms with Crippen molar-refractivity contribution in [3.8, 4) is 5.69 Å². The van der Waals surface area contributed by atoms with E-state index >= 15 is 0 Å². The van der Waals surface area contributed by atoms with E-state index in [0.29, 0.717) is 40.0 Å². The van der Waals surface area contributed by atoms with Gasteiger partial charge in [0.2, 0.25) is 0 Å². The molecule has 0 spiro atoms. The second-order valence-corrected chi connectivity index (χ2v) is 7.23. The first-order chi connectivity index (χ1) is 13.3. The van der Waals surface area contributed by atoms with Gasteiger partial charge in [-0.25, -0.2) is 9.37 Å². The van der Waals surface area contributed by atoms with Crippen molar-refractivity contribution >= 4 is 17.4 Å². The zero-order valence-corrected chi connectivity index (χ0v) is 16.7. The van der Waals surface area contributed by atoms with Crippen molar-refractivity contribution in [2.24, 2.45) is 0 Å². The zero-order chi connectivity index (χ0) is 20.4. The molecule has 0 aliphatic heterocycles. The molecule has 2 aromatic carbocycles. The first-order valence-electron chi connectivity index (χ1n) is 8.74. The van der Waals surface area contributed by atoms with Crippen molar-refractivity contribution in [2.75, 3.05) is 14.1 Å². The summed E-state index contributed by atoms with van der Waals surface area (Å²) in [5.74, 6) is -0.230. The molecule has 5 nitrogen and oxygen atoms in total. The van der Waals surface area contributed by atoms with E-state index in [-0.39, 0.29) is 18.0 Å². The Morgan fingerprint density at radius 3 is 2.64 bits per heavy atom. The summed E-state index contributed by atoms with van der Waals surface area (Å²) in [6.07, 6.45) is 0. The van der Waals surface area contributed by atoms with Gasteiger partial charge in [-0.2, -0.15) is 0 Å². The van der Waals surface area contributed by atoms with Crippen molar-refractivity contribution in [2.45, 2.75) is 20.1 Å². The second-order valence-electron chi connectivity index (χ2n) is 6.79.